The summed E-state index contributed by atoms with van der Waals surface area (Å²) >= 11 is 0. The summed E-state index contributed by atoms with van der Waals surface area (Å²) in [6.45, 7) is 5.75. The summed E-state index contributed by atoms with van der Waals surface area (Å²) in [4.78, 5) is 38.9. The van der Waals surface area contributed by atoms with Crippen molar-refractivity contribution in [2.75, 3.05) is 13.2 Å². The van der Waals surface area contributed by atoms with Gasteiger partial charge in [-0.3, -0.25) is 14.4 Å². The first-order chi connectivity index (χ1) is 39.4. The number of carboxylic acids is 1. The molecule has 0 spiro atoms. The molecule has 3 fully saturated rings. The molecule has 2 bridgehead atoms. The summed E-state index contributed by atoms with van der Waals surface area (Å²) in [5.74, 6) is -8.04. The summed E-state index contributed by atoms with van der Waals surface area (Å²) < 4.78 is 35.0. The number of Topliss-reactive ketones (excluding diaryl/α,β-unsaturated/α-hetero) is 1. The van der Waals surface area contributed by atoms with Crippen LogP contribution in [0.15, 0.2) is 115 Å². The van der Waals surface area contributed by atoms with E-state index in [0.717, 1.165) is 0 Å². The molecule has 0 aromatic heterocycles. The molecule has 5 rings (SSSR count). The minimum atomic E-state index is -2.42. The predicted molar refractivity (Wildman–Crippen MR) is 298 cm³/mol. The highest BCUT2D eigenvalue weighted by Gasteiger charge is 2.51. The summed E-state index contributed by atoms with van der Waals surface area (Å²) in [5.41, 5.74) is 0.582. The molecule has 464 valence electrons. The number of aliphatic hydroxyl groups is 12. The van der Waals surface area contributed by atoms with Crippen LogP contribution in [-0.4, -0.2) is 213 Å². The second kappa shape index (κ2) is 33.8. The smallest absolute Gasteiger partial charge is 0.311 e. The Balaban J connectivity index is 1.35. The second-order valence-electron chi connectivity index (χ2n) is 22.1. The number of carbonyl (C=O) groups is 3. The number of hydrogen-bond donors (Lipinski definition) is 14. The molecule has 3 saturated heterocycles. The topological polar surface area (TPSA) is 382 Å². The van der Waals surface area contributed by atoms with Crippen LogP contribution >= 0.6 is 0 Å². The van der Waals surface area contributed by atoms with Crippen LogP contribution in [0.3, 0.4) is 0 Å². The van der Waals surface area contributed by atoms with Gasteiger partial charge in [-0.1, -0.05) is 129 Å². The first-order valence-electron chi connectivity index (χ1n) is 28.3. The van der Waals surface area contributed by atoms with Crippen molar-refractivity contribution in [1.29, 1.82) is 0 Å². The number of nitrogens with one attached hydrogen (secondary N) is 1. The quantitative estimate of drug-likeness (QED) is 0.152. The van der Waals surface area contributed by atoms with Crippen molar-refractivity contribution in [3.63, 3.8) is 0 Å². The van der Waals surface area contributed by atoms with Crippen LogP contribution in [0.2, 0.25) is 0 Å². The Morgan fingerprint density at radius 1 is 0.675 bits per heavy atom. The number of ether oxygens (including phenoxy) is 6. The van der Waals surface area contributed by atoms with E-state index < -0.39 is 190 Å². The molecular weight excluding hydrogens is 1090 g/mol. The Morgan fingerprint density at radius 2 is 1.29 bits per heavy atom. The molecule has 4 aliphatic heterocycles. The Kier molecular flexibility index (Phi) is 28.2. The Bertz CT molecular complexity index is 2360. The van der Waals surface area contributed by atoms with Crippen LogP contribution in [0.5, 0.6) is 0 Å². The lowest BCUT2D eigenvalue weighted by Crippen LogP contribution is -2.64. The molecule has 1 aromatic rings. The van der Waals surface area contributed by atoms with Gasteiger partial charge < -0.3 is 100 Å². The van der Waals surface area contributed by atoms with E-state index in [1.165, 1.54) is 19.1 Å². The zero-order valence-corrected chi connectivity index (χ0v) is 47.2. The van der Waals surface area contributed by atoms with Crippen LogP contribution in [0, 0.1) is 17.8 Å². The van der Waals surface area contributed by atoms with E-state index in [9.17, 15) is 80.8 Å². The van der Waals surface area contributed by atoms with Gasteiger partial charge in [0.2, 0.25) is 0 Å². The largest absolute Gasteiger partial charge is 0.481 e. The van der Waals surface area contributed by atoms with Gasteiger partial charge in [0.1, 0.15) is 36.4 Å². The molecular formula is C60H87NO22. The lowest BCUT2D eigenvalue weighted by Gasteiger charge is -2.45. The maximum atomic E-state index is 13.4. The van der Waals surface area contributed by atoms with E-state index in [-0.39, 0.29) is 31.8 Å². The lowest BCUT2D eigenvalue weighted by molar-refractivity contribution is -0.309. The van der Waals surface area contributed by atoms with Crippen LogP contribution in [0.1, 0.15) is 90.9 Å². The molecule has 23 nitrogen and oxygen atoms in total. The van der Waals surface area contributed by atoms with Gasteiger partial charge in [0, 0.05) is 43.1 Å². The third kappa shape index (κ3) is 21.6. The standard InChI is InChI=1S/C60H87NO22/c1-34-20-16-13-11-9-7-5-6-8-10-12-14-19-23-42(81-59-55(74)51(53(72)37(4)80-59)61-32-46(68)54(73)56-47(69)33-78-58(82-56)38-21-17-15-18-22-38)29-48-50(57(75)76)45(67)31-60(77,83-48)30-41(64)27-44(66)43(65)25-24-39(62)26-40(63)28-49(70)79-36(3)35(2)52(34)71/h5-23,34-37,39-45,47-48,50-56,58-59,61-67,69,71-74,77H,24-33H2,1-4H3,(H,75,76)/t34-,35-,36-,37+,39+,40-,41-,42-,43+,44+,45-,47+,48-,50+,51-,52+,53+,54?,55-,56?,58?,59-,60+/m0/s1. The average molecular weight is 1170 g/mol. The van der Waals surface area contributed by atoms with Gasteiger partial charge in [0.05, 0.1) is 92.8 Å². The number of carbonyl (C=O) groups excluding carboxylic acids is 2. The maximum Gasteiger partial charge on any atom is 0.311 e. The van der Waals surface area contributed by atoms with Gasteiger partial charge >= 0.3 is 11.9 Å². The van der Waals surface area contributed by atoms with E-state index in [4.69, 9.17) is 28.4 Å². The van der Waals surface area contributed by atoms with Crippen molar-refractivity contribution in [3.8, 4) is 0 Å². The minimum absolute atomic E-state index is 0.145. The third-order valence-electron chi connectivity index (χ3n) is 15.3. The molecule has 23 heteroatoms. The van der Waals surface area contributed by atoms with Crippen molar-refractivity contribution < 1.29 is 109 Å². The number of cyclic esters (lactones) is 1. The fourth-order valence-electron chi connectivity index (χ4n) is 10.3. The highest BCUT2D eigenvalue weighted by molar-refractivity contribution is 5.85. The zero-order valence-electron chi connectivity index (χ0n) is 47.2. The number of rotatable bonds is 9. The number of carboxylic acid groups (broad SMARTS) is 1. The predicted octanol–water partition coefficient (Wildman–Crippen LogP) is 0.748. The number of aliphatic carboxylic acids is 1. The van der Waals surface area contributed by atoms with E-state index >= 15 is 0 Å². The molecule has 23 atom stereocenters. The highest BCUT2D eigenvalue weighted by Crippen LogP contribution is 2.38. The summed E-state index contributed by atoms with van der Waals surface area (Å²) in [5, 5.41) is 146. The molecule has 0 radical (unpaired) electrons. The summed E-state index contributed by atoms with van der Waals surface area (Å²) in [6.07, 6.45) is -4.73. The molecule has 1 aromatic carbocycles. The molecule has 4 aliphatic rings. The molecule has 0 amide bonds. The molecule has 4 heterocycles. The number of fused-ring (bicyclic) bond motifs is 2. The van der Waals surface area contributed by atoms with Gasteiger partial charge in [-0.25, -0.2) is 0 Å². The lowest BCUT2D eigenvalue weighted by atomic mass is 9.82. The number of esters is 1. The number of benzene rings is 1. The van der Waals surface area contributed by atoms with Gasteiger partial charge in [-0.2, -0.15) is 0 Å². The van der Waals surface area contributed by atoms with E-state index in [1.807, 2.05) is 6.92 Å². The molecule has 14 N–H and O–H groups in total. The SMILES string of the molecule is C[C@@H]1[C@H](O)[C@@H](C)C=CC=CC=CC=CC=CC=CC=C[C@H](O[C@@H]2O[C@H](C)[C@@H](O)[C@H](NCC(=O)C(O)C3OC(c4ccccc4)OC[C@H]3O)[C@@H]2O)C[C@@H]2O[C@](O)(C[C@@H](O)C[C@@H](O)[C@H](O)CC[C@@H](O)C[C@H](O)CC(=O)O[C@H]1C)C[C@H](O)[C@H]2C(=O)O. The highest BCUT2D eigenvalue weighted by atomic mass is 16.7. The van der Waals surface area contributed by atoms with Crippen molar-refractivity contribution in [2.45, 2.75) is 201 Å². The Labute approximate surface area is 483 Å². The van der Waals surface area contributed by atoms with Crippen molar-refractivity contribution >= 4 is 17.7 Å². The maximum absolute atomic E-state index is 13.4. The van der Waals surface area contributed by atoms with E-state index in [1.54, 1.807) is 117 Å². The molecule has 3 unspecified atom stereocenters. The van der Waals surface area contributed by atoms with Crippen LogP contribution in [0.25, 0.3) is 0 Å². The molecule has 83 heavy (non-hydrogen) atoms. The van der Waals surface area contributed by atoms with Gasteiger partial charge in [-0.05, 0) is 33.1 Å². The fraction of sp³-hybridized carbons (Fsp3) is 0.617. The summed E-state index contributed by atoms with van der Waals surface area (Å²) in [6, 6.07) is 7.32. The van der Waals surface area contributed by atoms with Gasteiger partial charge in [0.25, 0.3) is 0 Å². The molecule has 0 saturated carbocycles. The van der Waals surface area contributed by atoms with Gasteiger partial charge in [-0.15, -0.1) is 0 Å². The number of aliphatic hydroxyl groups excluding tert-OH is 11. The molecule has 0 aliphatic carbocycles. The zero-order chi connectivity index (χ0) is 61.0. The van der Waals surface area contributed by atoms with Gasteiger partial charge in [0.15, 0.2) is 24.2 Å². The third-order valence-corrected chi connectivity index (χ3v) is 15.3. The number of hydrogen-bond acceptors (Lipinski definition) is 22. The van der Waals surface area contributed by atoms with Crippen molar-refractivity contribution in [1.82, 2.24) is 5.32 Å². The second-order valence-corrected chi connectivity index (χ2v) is 22.1. The Morgan fingerprint density at radius 3 is 1.92 bits per heavy atom. The number of ketones is 1. The minimum Gasteiger partial charge on any atom is -0.481 e. The van der Waals surface area contributed by atoms with Crippen molar-refractivity contribution in [2.24, 2.45) is 17.8 Å². The first-order valence-corrected chi connectivity index (χ1v) is 28.3. The van der Waals surface area contributed by atoms with Crippen LogP contribution < -0.4 is 5.32 Å². The normalized spacial score (nSPS) is 39.6. The van der Waals surface area contributed by atoms with Crippen LogP contribution in [0.4, 0.5) is 0 Å². The monoisotopic (exact) mass is 1170 g/mol. The Hall–Kier alpha value is -4.71. The fourth-order valence-corrected chi connectivity index (χ4v) is 10.3. The average Bonchev–Trinajstić information content (AvgIpc) is 3.55. The van der Waals surface area contributed by atoms with E-state index in [2.05, 4.69) is 5.32 Å². The first kappa shape index (κ1) is 69.1. The van der Waals surface area contributed by atoms with E-state index in [0.29, 0.717) is 5.56 Å². The summed E-state index contributed by atoms with van der Waals surface area (Å²) in [7, 11) is 0. The van der Waals surface area contributed by atoms with Crippen LogP contribution in [-0.2, 0) is 42.8 Å². The van der Waals surface area contributed by atoms with Crippen molar-refractivity contribution in [3.05, 3.63) is 121 Å². The number of allylic oxidation sites excluding steroid dienone is 12.